The van der Waals surface area contributed by atoms with Crippen LogP contribution in [-0.4, -0.2) is 30.9 Å². The number of amides is 1. The van der Waals surface area contributed by atoms with Gasteiger partial charge >= 0.3 is 0 Å². The molecule has 0 unspecified atom stereocenters. The predicted octanol–water partition coefficient (Wildman–Crippen LogP) is 5.18. The molecule has 0 saturated heterocycles. The Labute approximate surface area is 170 Å². The number of benzene rings is 3. The maximum absolute atomic E-state index is 13.4. The van der Waals surface area contributed by atoms with Gasteiger partial charge in [-0.25, -0.2) is 0 Å². The maximum Gasteiger partial charge on any atom is 0.256 e. The van der Waals surface area contributed by atoms with E-state index < -0.39 is 0 Å². The zero-order valence-corrected chi connectivity index (χ0v) is 16.5. The van der Waals surface area contributed by atoms with E-state index in [1.165, 1.54) is 0 Å². The van der Waals surface area contributed by atoms with E-state index in [0.717, 1.165) is 22.6 Å². The number of carbonyl (C=O) groups excluding carboxylic acids is 1. The molecule has 1 aliphatic heterocycles. The van der Waals surface area contributed by atoms with Crippen LogP contribution in [0.1, 0.15) is 15.9 Å². The van der Waals surface area contributed by atoms with Crippen LogP contribution in [0.4, 0.5) is 17.1 Å². The molecule has 1 heterocycles. The quantitative estimate of drug-likeness (QED) is 0.654. The lowest BCUT2D eigenvalue weighted by atomic mass is 10.1. The van der Waals surface area contributed by atoms with E-state index in [0.29, 0.717) is 30.2 Å². The van der Waals surface area contributed by atoms with Gasteiger partial charge in [0.2, 0.25) is 0 Å². The van der Waals surface area contributed by atoms with E-state index in [4.69, 9.17) is 11.6 Å². The minimum absolute atomic E-state index is 0.0329. The number of halogens is 1. The first-order valence-electron chi connectivity index (χ1n) is 9.33. The van der Waals surface area contributed by atoms with Crippen molar-refractivity contribution in [3.8, 4) is 0 Å². The van der Waals surface area contributed by atoms with Crippen LogP contribution < -0.4 is 10.2 Å². The fourth-order valence-electron chi connectivity index (χ4n) is 3.57. The number of fused-ring (bicyclic) bond motifs is 2. The number of hydrogen-bond acceptors (Lipinski definition) is 3. The second kappa shape index (κ2) is 7.95. The van der Waals surface area contributed by atoms with Crippen LogP contribution in [-0.2, 0) is 6.54 Å². The van der Waals surface area contributed by atoms with Crippen molar-refractivity contribution in [2.75, 3.05) is 30.4 Å². The standard InChI is InChI=1S/C23H22ClN3O/c1-26-21-10-6-5-9-19(21)23(28)27(16-17-7-3-2-4-8-17)14-13-25-20-15-18(24)11-12-22(20)26/h2-12,15,25H,13-14,16H2,1H3. The average Bonchev–Trinajstić information content (AvgIpc) is 2.72. The van der Waals surface area contributed by atoms with E-state index in [1.807, 2.05) is 89.6 Å². The van der Waals surface area contributed by atoms with Crippen molar-refractivity contribution in [3.05, 3.63) is 88.9 Å². The van der Waals surface area contributed by atoms with Crippen molar-refractivity contribution in [1.29, 1.82) is 0 Å². The molecule has 0 saturated carbocycles. The van der Waals surface area contributed by atoms with Gasteiger partial charge in [0.1, 0.15) is 0 Å². The lowest BCUT2D eigenvalue weighted by Crippen LogP contribution is -2.36. The van der Waals surface area contributed by atoms with Crippen molar-refractivity contribution in [2.24, 2.45) is 0 Å². The Morgan fingerprint density at radius 3 is 2.54 bits per heavy atom. The van der Waals surface area contributed by atoms with Crippen LogP contribution >= 0.6 is 11.6 Å². The molecule has 0 atom stereocenters. The largest absolute Gasteiger partial charge is 0.382 e. The number of para-hydroxylation sites is 1. The first kappa shape index (κ1) is 18.4. The minimum Gasteiger partial charge on any atom is -0.382 e. The Morgan fingerprint density at radius 2 is 1.71 bits per heavy atom. The van der Waals surface area contributed by atoms with Gasteiger partial charge < -0.3 is 15.1 Å². The van der Waals surface area contributed by atoms with Gasteiger partial charge in [-0.05, 0) is 35.9 Å². The van der Waals surface area contributed by atoms with Crippen LogP contribution in [0.2, 0.25) is 5.02 Å². The number of rotatable bonds is 2. The Bertz CT molecular complexity index is 990. The molecule has 0 bridgehead atoms. The van der Waals surface area contributed by atoms with Crippen molar-refractivity contribution >= 4 is 34.6 Å². The zero-order valence-electron chi connectivity index (χ0n) is 15.7. The van der Waals surface area contributed by atoms with Crippen LogP contribution in [0, 0.1) is 0 Å². The number of carbonyl (C=O) groups is 1. The van der Waals surface area contributed by atoms with Crippen LogP contribution in [0.25, 0.3) is 0 Å². The third kappa shape index (κ3) is 3.69. The highest BCUT2D eigenvalue weighted by molar-refractivity contribution is 6.31. The molecule has 0 radical (unpaired) electrons. The molecule has 0 aliphatic carbocycles. The van der Waals surface area contributed by atoms with Crippen LogP contribution in [0.3, 0.4) is 0 Å². The van der Waals surface area contributed by atoms with E-state index in [1.54, 1.807) is 0 Å². The third-order valence-corrected chi connectivity index (χ3v) is 5.25. The van der Waals surface area contributed by atoms with Crippen molar-refractivity contribution < 1.29 is 4.79 Å². The normalized spacial score (nSPS) is 14.1. The molecular formula is C23H22ClN3O. The molecular weight excluding hydrogens is 370 g/mol. The summed E-state index contributed by atoms with van der Waals surface area (Å²) in [6.45, 7) is 1.81. The third-order valence-electron chi connectivity index (χ3n) is 5.02. The topological polar surface area (TPSA) is 35.6 Å². The van der Waals surface area contributed by atoms with Crippen LogP contribution in [0.5, 0.6) is 0 Å². The molecule has 142 valence electrons. The Balaban J connectivity index is 1.76. The highest BCUT2D eigenvalue weighted by Gasteiger charge is 2.23. The molecule has 1 N–H and O–H groups in total. The van der Waals surface area contributed by atoms with Gasteiger partial charge in [-0.3, -0.25) is 4.79 Å². The highest BCUT2D eigenvalue weighted by Crippen LogP contribution is 2.35. The molecule has 4 rings (SSSR count). The van der Waals surface area contributed by atoms with Gasteiger partial charge in [0.15, 0.2) is 0 Å². The molecule has 3 aromatic carbocycles. The van der Waals surface area contributed by atoms with Gasteiger partial charge in [0.25, 0.3) is 5.91 Å². The minimum atomic E-state index is 0.0329. The fourth-order valence-corrected chi connectivity index (χ4v) is 3.74. The van der Waals surface area contributed by atoms with E-state index in [-0.39, 0.29) is 5.91 Å². The Hall–Kier alpha value is -2.98. The molecule has 4 nitrogen and oxygen atoms in total. The molecule has 28 heavy (non-hydrogen) atoms. The summed E-state index contributed by atoms with van der Waals surface area (Å²) in [5.74, 6) is 0.0329. The van der Waals surface area contributed by atoms with Crippen molar-refractivity contribution in [2.45, 2.75) is 6.54 Å². The fraction of sp³-hybridized carbons (Fsp3) is 0.174. The first-order valence-corrected chi connectivity index (χ1v) is 9.70. The van der Waals surface area contributed by atoms with E-state index in [9.17, 15) is 4.79 Å². The summed E-state index contributed by atoms with van der Waals surface area (Å²) in [7, 11) is 1.98. The number of nitrogens with one attached hydrogen (secondary N) is 1. The summed E-state index contributed by atoms with van der Waals surface area (Å²) in [5, 5.41) is 4.13. The molecule has 5 heteroatoms. The second-order valence-electron chi connectivity index (χ2n) is 6.88. The van der Waals surface area contributed by atoms with Crippen molar-refractivity contribution in [1.82, 2.24) is 4.90 Å². The summed E-state index contributed by atoms with van der Waals surface area (Å²) >= 11 is 6.23. The van der Waals surface area contributed by atoms with Crippen LogP contribution in [0.15, 0.2) is 72.8 Å². The first-order chi connectivity index (χ1) is 13.6. The SMILES string of the molecule is CN1c2ccc(Cl)cc2NCCN(Cc2ccccc2)C(=O)c2ccccc21. The zero-order chi connectivity index (χ0) is 19.5. The summed E-state index contributed by atoms with van der Waals surface area (Å²) < 4.78 is 0. The van der Waals surface area contributed by atoms with E-state index >= 15 is 0 Å². The summed E-state index contributed by atoms with van der Waals surface area (Å²) in [6.07, 6.45) is 0. The van der Waals surface area contributed by atoms with Gasteiger partial charge in [-0.15, -0.1) is 0 Å². The summed E-state index contributed by atoms with van der Waals surface area (Å²) in [6, 6.07) is 23.6. The Kier molecular flexibility index (Phi) is 5.22. The molecule has 0 fully saturated rings. The summed E-state index contributed by atoms with van der Waals surface area (Å²) in [4.78, 5) is 17.4. The highest BCUT2D eigenvalue weighted by atomic mass is 35.5. The molecule has 3 aromatic rings. The summed E-state index contributed by atoms with van der Waals surface area (Å²) in [5.41, 5.74) is 4.63. The molecule has 1 aliphatic rings. The van der Waals surface area contributed by atoms with Gasteiger partial charge in [-0.1, -0.05) is 54.1 Å². The maximum atomic E-state index is 13.4. The second-order valence-corrected chi connectivity index (χ2v) is 7.31. The molecule has 1 amide bonds. The molecule has 0 spiro atoms. The monoisotopic (exact) mass is 391 g/mol. The lowest BCUT2D eigenvalue weighted by Gasteiger charge is -2.30. The smallest absolute Gasteiger partial charge is 0.256 e. The van der Waals surface area contributed by atoms with Gasteiger partial charge in [-0.2, -0.15) is 0 Å². The van der Waals surface area contributed by atoms with Gasteiger partial charge in [0, 0.05) is 31.7 Å². The predicted molar refractivity (Wildman–Crippen MR) is 116 cm³/mol. The number of nitrogens with zero attached hydrogens (tertiary/aromatic N) is 2. The average molecular weight is 392 g/mol. The van der Waals surface area contributed by atoms with E-state index in [2.05, 4.69) is 5.32 Å². The van der Waals surface area contributed by atoms with Crippen molar-refractivity contribution in [3.63, 3.8) is 0 Å². The number of anilines is 3. The lowest BCUT2D eigenvalue weighted by molar-refractivity contribution is 0.0750. The Morgan fingerprint density at radius 1 is 0.964 bits per heavy atom. The molecule has 0 aromatic heterocycles. The van der Waals surface area contributed by atoms with Gasteiger partial charge in [0.05, 0.1) is 22.6 Å². The number of hydrogen-bond donors (Lipinski definition) is 1.